The molecular formula is C19H22N4O4. The molecule has 1 heterocycles. The number of para-hydroxylation sites is 1. The van der Waals surface area contributed by atoms with Crippen LogP contribution in [0.3, 0.4) is 0 Å². The molecule has 2 aromatic rings. The molecule has 1 fully saturated rings. The van der Waals surface area contributed by atoms with Crippen LogP contribution in [0.5, 0.6) is 0 Å². The minimum absolute atomic E-state index is 0.00581. The lowest BCUT2D eigenvalue weighted by Crippen LogP contribution is -2.35. The van der Waals surface area contributed by atoms with Crippen LogP contribution in [0.1, 0.15) is 37.0 Å². The number of hydrogen-bond acceptors (Lipinski definition) is 4. The molecule has 3 rings (SSSR count). The van der Waals surface area contributed by atoms with Crippen LogP contribution in [0.4, 0.5) is 11.4 Å². The second kappa shape index (κ2) is 6.86. The first-order chi connectivity index (χ1) is 12.7. The van der Waals surface area contributed by atoms with Gasteiger partial charge in [0, 0.05) is 19.2 Å². The van der Waals surface area contributed by atoms with Crippen molar-refractivity contribution in [2.24, 2.45) is 5.92 Å². The molecule has 1 aliphatic rings. The Balaban J connectivity index is 1.80. The second-order valence-electron chi connectivity index (χ2n) is 7.18. The van der Waals surface area contributed by atoms with E-state index in [0.29, 0.717) is 16.9 Å². The molecule has 0 atom stereocenters. The van der Waals surface area contributed by atoms with Crippen LogP contribution in [0.25, 0.3) is 0 Å². The Hall–Kier alpha value is -3.16. The first-order valence-corrected chi connectivity index (χ1v) is 8.68. The highest BCUT2D eigenvalue weighted by Crippen LogP contribution is 2.33. The van der Waals surface area contributed by atoms with Gasteiger partial charge in [0.15, 0.2) is 5.54 Å². The number of carboxylic acid groups (broad SMARTS) is 1. The largest absolute Gasteiger partial charge is 0.479 e. The summed E-state index contributed by atoms with van der Waals surface area (Å²) in [5, 5.41) is 16.0. The van der Waals surface area contributed by atoms with Gasteiger partial charge in [-0.05, 0) is 38.8 Å². The van der Waals surface area contributed by atoms with Gasteiger partial charge in [-0.25, -0.2) is 4.79 Å². The number of nitrogens with one attached hydrogen (secondary N) is 1. The highest BCUT2D eigenvalue weighted by Gasteiger charge is 2.34. The van der Waals surface area contributed by atoms with Crippen LogP contribution >= 0.6 is 0 Å². The molecule has 2 amide bonds. The van der Waals surface area contributed by atoms with Gasteiger partial charge in [0.25, 0.3) is 5.91 Å². The lowest BCUT2D eigenvalue weighted by Gasteiger charge is -2.20. The lowest BCUT2D eigenvalue weighted by molar-refractivity contribution is -0.146. The Morgan fingerprint density at radius 3 is 2.56 bits per heavy atom. The average Bonchev–Trinajstić information content (AvgIpc) is 3.39. The number of hydrogen-bond donors (Lipinski definition) is 2. The first-order valence-electron chi connectivity index (χ1n) is 8.68. The molecule has 8 nitrogen and oxygen atoms in total. The smallest absolute Gasteiger partial charge is 0.331 e. The number of carboxylic acids is 1. The monoisotopic (exact) mass is 370 g/mol. The summed E-state index contributed by atoms with van der Waals surface area (Å²) >= 11 is 0. The maximum absolute atomic E-state index is 12.7. The molecule has 8 heteroatoms. The van der Waals surface area contributed by atoms with E-state index >= 15 is 0 Å². The second-order valence-corrected chi connectivity index (χ2v) is 7.18. The molecule has 27 heavy (non-hydrogen) atoms. The van der Waals surface area contributed by atoms with Gasteiger partial charge < -0.3 is 15.3 Å². The third-order valence-corrected chi connectivity index (χ3v) is 4.70. The molecule has 1 saturated carbocycles. The van der Waals surface area contributed by atoms with Crippen molar-refractivity contribution < 1.29 is 19.5 Å². The fourth-order valence-electron chi connectivity index (χ4n) is 2.67. The van der Waals surface area contributed by atoms with Gasteiger partial charge in [-0.3, -0.25) is 14.3 Å². The summed E-state index contributed by atoms with van der Waals surface area (Å²) in [5.74, 6) is -1.38. The van der Waals surface area contributed by atoms with E-state index in [1.54, 1.807) is 31.3 Å². The minimum Gasteiger partial charge on any atom is -0.479 e. The molecule has 142 valence electrons. The summed E-state index contributed by atoms with van der Waals surface area (Å²) in [6.45, 7) is 3.03. The van der Waals surface area contributed by atoms with Crippen molar-refractivity contribution in [3.05, 3.63) is 42.2 Å². The van der Waals surface area contributed by atoms with E-state index in [1.165, 1.54) is 35.8 Å². The summed E-state index contributed by atoms with van der Waals surface area (Å²) in [5.41, 5.74) is 0.0299. The van der Waals surface area contributed by atoms with Crippen molar-refractivity contribution in [3.8, 4) is 0 Å². The Morgan fingerprint density at radius 1 is 1.26 bits per heavy atom. The van der Waals surface area contributed by atoms with Crippen LogP contribution in [0.15, 0.2) is 36.7 Å². The molecule has 1 aromatic carbocycles. The van der Waals surface area contributed by atoms with E-state index in [9.17, 15) is 19.5 Å². The van der Waals surface area contributed by atoms with Crippen molar-refractivity contribution in [2.45, 2.75) is 32.2 Å². The van der Waals surface area contributed by atoms with E-state index in [4.69, 9.17) is 0 Å². The fraction of sp³-hybridized carbons (Fsp3) is 0.368. The van der Waals surface area contributed by atoms with Gasteiger partial charge >= 0.3 is 5.97 Å². The molecule has 0 bridgehead atoms. The zero-order valence-electron chi connectivity index (χ0n) is 15.5. The van der Waals surface area contributed by atoms with E-state index in [-0.39, 0.29) is 11.8 Å². The topological polar surface area (TPSA) is 105 Å². The van der Waals surface area contributed by atoms with Crippen LogP contribution < -0.4 is 10.2 Å². The average molecular weight is 370 g/mol. The van der Waals surface area contributed by atoms with E-state index in [2.05, 4.69) is 10.4 Å². The number of aliphatic carboxylic acids is 1. The predicted octanol–water partition coefficient (Wildman–Crippen LogP) is 2.33. The van der Waals surface area contributed by atoms with E-state index in [1.807, 2.05) is 0 Å². The lowest BCUT2D eigenvalue weighted by atomic mass is 10.1. The first kappa shape index (κ1) is 18.6. The molecule has 0 saturated heterocycles. The zero-order valence-corrected chi connectivity index (χ0v) is 15.5. The maximum Gasteiger partial charge on any atom is 0.331 e. The number of carbonyl (C=O) groups is 3. The summed E-state index contributed by atoms with van der Waals surface area (Å²) in [4.78, 5) is 37.9. The molecule has 1 aliphatic carbocycles. The van der Waals surface area contributed by atoms with Gasteiger partial charge in [0.2, 0.25) is 5.91 Å². The molecular weight excluding hydrogens is 348 g/mol. The quantitative estimate of drug-likeness (QED) is 0.812. The van der Waals surface area contributed by atoms with Gasteiger partial charge in [-0.1, -0.05) is 12.1 Å². The highest BCUT2D eigenvalue weighted by molar-refractivity contribution is 6.10. The maximum atomic E-state index is 12.7. The van der Waals surface area contributed by atoms with E-state index in [0.717, 1.165) is 12.8 Å². The summed E-state index contributed by atoms with van der Waals surface area (Å²) < 4.78 is 1.28. The van der Waals surface area contributed by atoms with Gasteiger partial charge in [0.1, 0.15) is 0 Å². The fourth-order valence-corrected chi connectivity index (χ4v) is 2.67. The van der Waals surface area contributed by atoms with Crippen molar-refractivity contribution in [1.29, 1.82) is 0 Å². The SMILES string of the molecule is CN(C(=O)C1CC1)c1ccccc1C(=O)Nc1cnn(C(C)(C)C(=O)O)c1. The Bertz CT molecular complexity index is 899. The Labute approximate surface area is 156 Å². The number of benzene rings is 1. The predicted molar refractivity (Wildman–Crippen MR) is 99.7 cm³/mol. The number of rotatable bonds is 6. The number of carbonyl (C=O) groups excluding carboxylic acids is 2. The summed E-state index contributed by atoms with van der Waals surface area (Å²) in [6.07, 6.45) is 4.63. The molecule has 0 radical (unpaired) electrons. The number of amides is 2. The van der Waals surface area contributed by atoms with Crippen LogP contribution in [-0.2, 0) is 15.1 Å². The third-order valence-electron chi connectivity index (χ3n) is 4.70. The number of aromatic nitrogens is 2. The molecule has 0 aliphatic heterocycles. The molecule has 0 spiro atoms. The standard InChI is InChI=1S/C19H22N4O4/c1-19(2,18(26)27)23-11-13(10-20-23)21-16(24)14-6-4-5-7-15(14)22(3)17(25)12-8-9-12/h4-7,10-12H,8-9H2,1-3H3,(H,21,24)(H,26,27). The summed E-state index contributed by atoms with van der Waals surface area (Å²) in [6, 6.07) is 6.88. The molecule has 0 unspecified atom stereocenters. The van der Waals surface area contributed by atoms with Crippen molar-refractivity contribution in [1.82, 2.24) is 9.78 Å². The van der Waals surface area contributed by atoms with Crippen LogP contribution in [0, 0.1) is 5.92 Å². The van der Waals surface area contributed by atoms with Crippen molar-refractivity contribution in [2.75, 3.05) is 17.3 Å². The molecule has 1 aromatic heterocycles. The number of anilines is 2. The third kappa shape index (κ3) is 3.69. The van der Waals surface area contributed by atoms with Gasteiger partial charge in [-0.15, -0.1) is 0 Å². The van der Waals surface area contributed by atoms with Crippen LogP contribution in [0.2, 0.25) is 0 Å². The van der Waals surface area contributed by atoms with E-state index < -0.39 is 17.4 Å². The highest BCUT2D eigenvalue weighted by atomic mass is 16.4. The Morgan fingerprint density at radius 2 is 1.93 bits per heavy atom. The van der Waals surface area contributed by atoms with Crippen molar-refractivity contribution >= 4 is 29.2 Å². The van der Waals surface area contributed by atoms with Crippen LogP contribution in [-0.4, -0.2) is 39.7 Å². The summed E-state index contributed by atoms with van der Waals surface area (Å²) in [7, 11) is 1.67. The minimum atomic E-state index is -1.24. The number of nitrogens with zero attached hydrogens (tertiary/aromatic N) is 3. The Kier molecular flexibility index (Phi) is 4.73. The van der Waals surface area contributed by atoms with Gasteiger partial charge in [0.05, 0.1) is 23.1 Å². The van der Waals surface area contributed by atoms with Crippen molar-refractivity contribution in [3.63, 3.8) is 0 Å². The normalized spacial score (nSPS) is 13.9. The molecule has 2 N–H and O–H groups in total. The van der Waals surface area contributed by atoms with Gasteiger partial charge in [-0.2, -0.15) is 5.10 Å². The zero-order chi connectivity index (χ0) is 19.8.